The van der Waals surface area contributed by atoms with E-state index >= 15 is 0 Å². The van der Waals surface area contributed by atoms with Crippen LogP contribution in [0.15, 0.2) is 24.4 Å². The van der Waals surface area contributed by atoms with E-state index in [4.69, 9.17) is 5.21 Å². The average molecular weight is 388 g/mol. The van der Waals surface area contributed by atoms with Crippen molar-refractivity contribution in [2.75, 3.05) is 18.4 Å². The summed E-state index contributed by atoms with van der Waals surface area (Å²) in [7, 11) is 0. The molecule has 3 heterocycles. The molecular formula is C21H33N5O2. The van der Waals surface area contributed by atoms with Gasteiger partial charge >= 0.3 is 0 Å². The van der Waals surface area contributed by atoms with Gasteiger partial charge in [-0.1, -0.05) is 0 Å². The van der Waals surface area contributed by atoms with Gasteiger partial charge in [0.05, 0.1) is 0 Å². The van der Waals surface area contributed by atoms with Gasteiger partial charge in [0, 0.05) is 48.5 Å². The Labute approximate surface area is 167 Å². The Balaban J connectivity index is 1.55. The van der Waals surface area contributed by atoms with Crippen LogP contribution in [-0.2, 0) is 4.79 Å². The molecule has 7 nitrogen and oxygen atoms in total. The molecule has 0 radical (unpaired) electrons. The van der Waals surface area contributed by atoms with Crippen molar-refractivity contribution in [3.63, 3.8) is 0 Å². The van der Waals surface area contributed by atoms with Crippen LogP contribution in [0.3, 0.4) is 0 Å². The second kappa shape index (κ2) is 8.19. The molecule has 0 spiro atoms. The van der Waals surface area contributed by atoms with Crippen molar-refractivity contribution in [3.05, 3.63) is 30.0 Å². The third-order valence-corrected chi connectivity index (χ3v) is 5.58. The molecule has 1 amide bonds. The largest absolute Gasteiger partial charge is 0.366 e. The molecule has 0 bridgehead atoms. The van der Waals surface area contributed by atoms with E-state index < -0.39 is 5.91 Å². The van der Waals surface area contributed by atoms with Crippen molar-refractivity contribution in [3.8, 4) is 0 Å². The van der Waals surface area contributed by atoms with Crippen LogP contribution in [-0.4, -0.2) is 57.2 Å². The predicted molar refractivity (Wildman–Crippen MR) is 111 cm³/mol. The summed E-state index contributed by atoms with van der Waals surface area (Å²) in [6, 6.07) is 4.84. The Morgan fingerprint density at radius 2 is 2.00 bits per heavy atom. The fourth-order valence-corrected chi connectivity index (χ4v) is 4.77. The van der Waals surface area contributed by atoms with Crippen molar-refractivity contribution in [1.29, 1.82) is 0 Å². The highest BCUT2D eigenvalue weighted by Gasteiger charge is 2.41. The molecule has 0 unspecified atom stereocenters. The zero-order valence-electron chi connectivity index (χ0n) is 17.3. The minimum absolute atomic E-state index is 0.162. The number of anilines is 1. The van der Waals surface area contributed by atoms with Crippen LogP contribution in [0.5, 0.6) is 0 Å². The van der Waals surface area contributed by atoms with E-state index in [0.717, 1.165) is 30.9 Å². The van der Waals surface area contributed by atoms with Gasteiger partial charge in [-0.3, -0.25) is 14.9 Å². The SMILES string of the molecule is CC1(C)CC(N2CC[C@@H](Nc3ccc(C=CC(=O)NO)cn3)C2)CC(C)(C)N1. The number of hydrogen-bond donors (Lipinski definition) is 4. The number of aromatic nitrogens is 1. The minimum atomic E-state index is -0.558. The summed E-state index contributed by atoms with van der Waals surface area (Å²) in [5.74, 6) is 0.291. The normalized spacial score (nSPS) is 25.1. The monoisotopic (exact) mass is 387 g/mol. The third-order valence-electron chi connectivity index (χ3n) is 5.58. The van der Waals surface area contributed by atoms with Crippen molar-refractivity contribution in [2.24, 2.45) is 0 Å². The smallest absolute Gasteiger partial charge is 0.267 e. The van der Waals surface area contributed by atoms with E-state index in [1.807, 2.05) is 12.1 Å². The number of piperidine rings is 1. The second-order valence-corrected chi connectivity index (χ2v) is 9.37. The maximum Gasteiger partial charge on any atom is 0.267 e. The summed E-state index contributed by atoms with van der Waals surface area (Å²) >= 11 is 0. The topological polar surface area (TPSA) is 89.5 Å². The molecule has 2 aliphatic rings. The lowest BCUT2D eigenvalue weighted by molar-refractivity contribution is -0.124. The van der Waals surface area contributed by atoms with E-state index in [0.29, 0.717) is 12.1 Å². The first-order valence-electron chi connectivity index (χ1n) is 10.0. The standard InChI is InChI=1S/C21H33N5O2/c1-20(2)11-17(12-21(3,4)25-20)26-10-9-16(14-26)23-18-7-5-15(13-22-18)6-8-19(27)24-28/h5-8,13,16-17,25,28H,9-12,14H2,1-4H3,(H,22,23)(H,24,27)/t16-/m1/s1. The van der Waals surface area contributed by atoms with Crippen LogP contribution in [0.4, 0.5) is 5.82 Å². The quantitative estimate of drug-likeness (QED) is 0.352. The summed E-state index contributed by atoms with van der Waals surface area (Å²) in [6.45, 7) is 11.4. The van der Waals surface area contributed by atoms with Gasteiger partial charge in [-0.2, -0.15) is 0 Å². The maximum atomic E-state index is 11.0. The van der Waals surface area contributed by atoms with Crippen LogP contribution >= 0.6 is 0 Å². The highest BCUT2D eigenvalue weighted by molar-refractivity contribution is 5.90. The second-order valence-electron chi connectivity index (χ2n) is 9.37. The van der Waals surface area contributed by atoms with Gasteiger partial charge in [0.25, 0.3) is 5.91 Å². The van der Waals surface area contributed by atoms with Crippen LogP contribution in [0.2, 0.25) is 0 Å². The summed E-state index contributed by atoms with van der Waals surface area (Å²) < 4.78 is 0. The van der Waals surface area contributed by atoms with Gasteiger partial charge < -0.3 is 10.6 Å². The predicted octanol–water partition coefficient (Wildman–Crippen LogP) is 2.40. The van der Waals surface area contributed by atoms with Crippen molar-refractivity contribution in [1.82, 2.24) is 20.7 Å². The molecule has 0 saturated carbocycles. The summed E-state index contributed by atoms with van der Waals surface area (Å²) in [5.41, 5.74) is 2.70. The lowest BCUT2D eigenvalue weighted by Crippen LogP contribution is -2.62. The van der Waals surface area contributed by atoms with Crippen molar-refractivity contribution < 1.29 is 10.0 Å². The molecule has 2 saturated heterocycles. The number of hydroxylamine groups is 1. The van der Waals surface area contributed by atoms with Crippen LogP contribution < -0.4 is 16.1 Å². The number of carbonyl (C=O) groups excluding carboxylic acids is 1. The Kier molecular flexibility index (Phi) is 6.07. The van der Waals surface area contributed by atoms with E-state index in [1.54, 1.807) is 17.8 Å². The molecule has 1 atom stereocenters. The number of amides is 1. The number of likely N-dealkylation sites (tertiary alicyclic amines) is 1. The third kappa shape index (κ3) is 5.53. The number of nitrogens with zero attached hydrogens (tertiary/aromatic N) is 2. The van der Waals surface area contributed by atoms with Gasteiger partial charge in [-0.25, -0.2) is 10.5 Å². The summed E-state index contributed by atoms with van der Waals surface area (Å²) in [5, 5.41) is 15.8. The first kappa shape index (κ1) is 20.8. The summed E-state index contributed by atoms with van der Waals surface area (Å²) in [4.78, 5) is 18.1. The van der Waals surface area contributed by atoms with Crippen LogP contribution in [0.1, 0.15) is 52.5 Å². The Hall–Kier alpha value is -1.96. The Bertz CT molecular complexity index is 698. The molecule has 28 heavy (non-hydrogen) atoms. The zero-order valence-corrected chi connectivity index (χ0v) is 17.3. The van der Waals surface area contributed by atoms with Gasteiger partial charge in [0.1, 0.15) is 5.82 Å². The number of carbonyl (C=O) groups is 1. The van der Waals surface area contributed by atoms with Crippen molar-refractivity contribution in [2.45, 2.75) is 70.1 Å². The Morgan fingerprint density at radius 1 is 1.29 bits per heavy atom. The fourth-order valence-electron chi connectivity index (χ4n) is 4.77. The Morgan fingerprint density at radius 3 is 2.61 bits per heavy atom. The van der Waals surface area contributed by atoms with Crippen LogP contribution in [0, 0.1) is 0 Å². The molecule has 0 aromatic carbocycles. The molecule has 4 N–H and O–H groups in total. The molecule has 3 rings (SSSR count). The molecular weight excluding hydrogens is 354 g/mol. The molecule has 7 heteroatoms. The van der Waals surface area contributed by atoms with Gasteiger partial charge in [-0.15, -0.1) is 0 Å². The van der Waals surface area contributed by atoms with Crippen molar-refractivity contribution >= 4 is 17.8 Å². The summed E-state index contributed by atoms with van der Waals surface area (Å²) in [6.07, 6.45) is 8.05. The molecule has 154 valence electrons. The van der Waals surface area contributed by atoms with Gasteiger partial charge in [0.15, 0.2) is 0 Å². The molecule has 1 aromatic heterocycles. The zero-order chi connectivity index (χ0) is 20.4. The van der Waals surface area contributed by atoms with E-state index in [2.05, 4.69) is 48.2 Å². The first-order valence-corrected chi connectivity index (χ1v) is 10.0. The van der Waals surface area contributed by atoms with E-state index in [1.165, 1.54) is 18.9 Å². The number of nitrogens with one attached hydrogen (secondary N) is 3. The molecule has 2 fully saturated rings. The van der Waals surface area contributed by atoms with Gasteiger partial charge in [-0.05, 0) is 70.7 Å². The molecule has 0 aliphatic carbocycles. The minimum Gasteiger partial charge on any atom is -0.366 e. The van der Waals surface area contributed by atoms with Gasteiger partial charge in [0.2, 0.25) is 0 Å². The van der Waals surface area contributed by atoms with Crippen LogP contribution in [0.25, 0.3) is 6.08 Å². The number of hydrogen-bond acceptors (Lipinski definition) is 6. The number of rotatable bonds is 5. The molecule has 2 aliphatic heterocycles. The average Bonchev–Trinajstić information content (AvgIpc) is 3.07. The molecule has 1 aromatic rings. The lowest BCUT2D eigenvalue weighted by Gasteiger charge is -2.49. The highest BCUT2D eigenvalue weighted by atomic mass is 16.5. The van der Waals surface area contributed by atoms with E-state index in [9.17, 15) is 4.79 Å². The number of pyridine rings is 1. The highest BCUT2D eigenvalue weighted by Crippen LogP contribution is 2.33. The maximum absolute atomic E-state index is 11.0. The fraction of sp³-hybridized carbons (Fsp3) is 0.619. The van der Waals surface area contributed by atoms with E-state index in [-0.39, 0.29) is 11.1 Å². The lowest BCUT2D eigenvalue weighted by atomic mass is 9.79. The first-order chi connectivity index (χ1) is 13.2.